The molecule has 0 amide bonds. The summed E-state index contributed by atoms with van der Waals surface area (Å²) < 4.78 is 37.3. The summed E-state index contributed by atoms with van der Waals surface area (Å²) in [6.07, 6.45) is 5.86. The smallest absolute Gasteiger partial charge is 0.184 e. The standard InChI is InChI=1S/C25H29NO4S/c1-25(19-21-9-8-17-26-20-21,16-6-7-18-30-23-10-4-3-5-11-23)31(27,28)24-14-12-22(29-2)13-15-24/h3-5,8-15,17,20H,6-7,16,18-19H2,1-2H3. The number of nitrogens with zero attached hydrogens (tertiary/aromatic N) is 1. The summed E-state index contributed by atoms with van der Waals surface area (Å²) >= 11 is 0. The van der Waals surface area contributed by atoms with Crippen molar-refractivity contribution in [3.63, 3.8) is 0 Å². The fourth-order valence-electron chi connectivity index (χ4n) is 3.60. The number of hydrogen-bond acceptors (Lipinski definition) is 5. The number of ether oxygens (including phenoxy) is 2. The maximum Gasteiger partial charge on any atom is 0.184 e. The Morgan fingerprint density at radius 3 is 2.29 bits per heavy atom. The molecule has 6 heteroatoms. The van der Waals surface area contributed by atoms with E-state index in [1.807, 2.05) is 49.4 Å². The van der Waals surface area contributed by atoms with Crippen LogP contribution in [0.4, 0.5) is 0 Å². The molecule has 0 saturated heterocycles. The van der Waals surface area contributed by atoms with Gasteiger partial charge in [0.05, 0.1) is 23.4 Å². The first-order chi connectivity index (χ1) is 14.9. The van der Waals surface area contributed by atoms with Gasteiger partial charge in [-0.05, 0) is 80.6 Å². The molecule has 2 aromatic carbocycles. The lowest BCUT2D eigenvalue weighted by Gasteiger charge is -2.30. The summed E-state index contributed by atoms with van der Waals surface area (Å²) in [6, 6.07) is 20.0. The summed E-state index contributed by atoms with van der Waals surface area (Å²) in [5, 5.41) is 0. The molecule has 0 aliphatic heterocycles. The largest absolute Gasteiger partial charge is 0.497 e. The molecule has 0 N–H and O–H groups in total. The van der Waals surface area contributed by atoms with Crippen molar-refractivity contribution >= 4 is 9.84 Å². The van der Waals surface area contributed by atoms with Crippen LogP contribution in [0.3, 0.4) is 0 Å². The molecule has 0 radical (unpaired) electrons. The second-order valence-corrected chi connectivity index (χ2v) is 10.2. The zero-order valence-corrected chi connectivity index (χ0v) is 18.8. The van der Waals surface area contributed by atoms with Gasteiger partial charge in [0.15, 0.2) is 9.84 Å². The number of sulfone groups is 1. The lowest BCUT2D eigenvalue weighted by Crippen LogP contribution is -2.38. The predicted molar refractivity (Wildman–Crippen MR) is 122 cm³/mol. The number of methoxy groups -OCH3 is 1. The number of hydrogen-bond donors (Lipinski definition) is 0. The molecule has 164 valence electrons. The Kier molecular flexibility index (Phi) is 7.69. The van der Waals surface area contributed by atoms with Gasteiger partial charge in [-0.15, -0.1) is 0 Å². The fraction of sp³-hybridized carbons (Fsp3) is 0.320. The third kappa shape index (κ3) is 5.85. The van der Waals surface area contributed by atoms with Crippen molar-refractivity contribution in [1.29, 1.82) is 0 Å². The van der Waals surface area contributed by atoms with Gasteiger partial charge in [0.1, 0.15) is 11.5 Å². The minimum absolute atomic E-state index is 0.306. The van der Waals surface area contributed by atoms with Crippen LogP contribution >= 0.6 is 0 Å². The molecular weight excluding hydrogens is 410 g/mol. The van der Waals surface area contributed by atoms with Gasteiger partial charge in [-0.25, -0.2) is 8.42 Å². The van der Waals surface area contributed by atoms with Gasteiger partial charge in [0.2, 0.25) is 0 Å². The van der Waals surface area contributed by atoms with Crippen LogP contribution in [0.5, 0.6) is 11.5 Å². The zero-order valence-electron chi connectivity index (χ0n) is 18.0. The fourth-order valence-corrected chi connectivity index (χ4v) is 5.43. The number of pyridine rings is 1. The maximum absolute atomic E-state index is 13.7. The minimum atomic E-state index is -3.59. The van der Waals surface area contributed by atoms with E-state index in [2.05, 4.69) is 4.98 Å². The molecule has 1 aromatic heterocycles. The number of benzene rings is 2. The summed E-state index contributed by atoms with van der Waals surface area (Å²) in [4.78, 5) is 4.46. The van der Waals surface area contributed by atoms with Crippen LogP contribution < -0.4 is 9.47 Å². The summed E-state index contributed by atoms with van der Waals surface area (Å²) in [6.45, 7) is 2.38. The lowest BCUT2D eigenvalue weighted by atomic mass is 9.95. The van der Waals surface area contributed by atoms with Crippen molar-refractivity contribution in [3.05, 3.63) is 84.7 Å². The zero-order chi connectivity index (χ0) is 22.2. The molecular formula is C25H29NO4S. The van der Waals surface area contributed by atoms with Crippen molar-refractivity contribution in [2.45, 2.75) is 42.2 Å². The molecule has 0 saturated carbocycles. The van der Waals surface area contributed by atoms with Crippen molar-refractivity contribution < 1.29 is 17.9 Å². The van der Waals surface area contributed by atoms with E-state index in [1.165, 1.54) is 0 Å². The highest BCUT2D eigenvalue weighted by atomic mass is 32.2. The van der Waals surface area contributed by atoms with E-state index in [9.17, 15) is 8.42 Å². The second-order valence-electron chi connectivity index (χ2n) is 7.79. The first-order valence-electron chi connectivity index (χ1n) is 10.4. The second kappa shape index (κ2) is 10.4. The van der Waals surface area contributed by atoms with Gasteiger partial charge >= 0.3 is 0 Å². The molecule has 0 aliphatic carbocycles. The number of rotatable bonds is 11. The Balaban J connectivity index is 1.74. The van der Waals surface area contributed by atoms with E-state index in [-0.39, 0.29) is 0 Å². The van der Waals surface area contributed by atoms with Gasteiger partial charge in [0.25, 0.3) is 0 Å². The molecule has 1 heterocycles. The third-order valence-electron chi connectivity index (χ3n) is 5.43. The van der Waals surface area contributed by atoms with E-state index in [0.717, 1.165) is 24.2 Å². The van der Waals surface area contributed by atoms with Gasteiger partial charge in [-0.3, -0.25) is 4.98 Å². The lowest BCUT2D eigenvalue weighted by molar-refractivity contribution is 0.301. The molecule has 3 aromatic rings. The van der Waals surface area contributed by atoms with Crippen LogP contribution in [0.1, 0.15) is 31.7 Å². The Bertz CT molecular complexity index is 1040. The quantitative estimate of drug-likeness (QED) is 0.388. The maximum atomic E-state index is 13.7. The van der Waals surface area contributed by atoms with Crippen LogP contribution in [0, 0.1) is 0 Å². The molecule has 31 heavy (non-hydrogen) atoms. The highest BCUT2D eigenvalue weighted by Gasteiger charge is 2.40. The normalized spacial score (nSPS) is 13.4. The highest BCUT2D eigenvalue weighted by molar-refractivity contribution is 7.92. The van der Waals surface area contributed by atoms with Crippen molar-refractivity contribution in [2.75, 3.05) is 13.7 Å². The van der Waals surface area contributed by atoms with E-state index in [1.54, 1.807) is 43.8 Å². The molecule has 3 rings (SSSR count). The SMILES string of the molecule is COc1ccc(S(=O)(=O)C(C)(CCCCOc2ccccc2)Cc2cccnc2)cc1. The monoisotopic (exact) mass is 439 g/mol. The summed E-state index contributed by atoms with van der Waals surface area (Å²) in [5.74, 6) is 1.46. The minimum Gasteiger partial charge on any atom is -0.497 e. The molecule has 5 nitrogen and oxygen atoms in total. The first kappa shape index (κ1) is 22.8. The number of unbranched alkanes of at least 4 members (excludes halogenated alkanes) is 1. The molecule has 0 bridgehead atoms. The van der Waals surface area contributed by atoms with Crippen molar-refractivity contribution in [1.82, 2.24) is 4.98 Å². The van der Waals surface area contributed by atoms with E-state index in [0.29, 0.717) is 30.1 Å². The molecule has 0 spiro atoms. The van der Waals surface area contributed by atoms with E-state index in [4.69, 9.17) is 9.47 Å². The Labute approximate surface area is 185 Å². The van der Waals surface area contributed by atoms with Gasteiger partial charge in [0, 0.05) is 12.4 Å². The van der Waals surface area contributed by atoms with E-state index < -0.39 is 14.6 Å². The van der Waals surface area contributed by atoms with Gasteiger partial charge < -0.3 is 9.47 Å². The van der Waals surface area contributed by atoms with Crippen molar-refractivity contribution in [3.8, 4) is 11.5 Å². The average Bonchev–Trinajstić information content (AvgIpc) is 2.80. The Morgan fingerprint density at radius 1 is 0.903 bits per heavy atom. The van der Waals surface area contributed by atoms with Crippen LogP contribution in [0.2, 0.25) is 0 Å². The summed E-state index contributed by atoms with van der Waals surface area (Å²) in [7, 11) is -2.02. The van der Waals surface area contributed by atoms with Crippen LogP contribution in [-0.4, -0.2) is 31.9 Å². The molecule has 0 fully saturated rings. The predicted octanol–water partition coefficient (Wildman–Crippen LogP) is 5.11. The Morgan fingerprint density at radius 2 is 1.65 bits per heavy atom. The van der Waals surface area contributed by atoms with Crippen LogP contribution in [-0.2, 0) is 16.3 Å². The number of aromatic nitrogens is 1. The van der Waals surface area contributed by atoms with Crippen LogP contribution in [0.25, 0.3) is 0 Å². The summed E-state index contributed by atoms with van der Waals surface area (Å²) in [5.41, 5.74) is 0.905. The first-order valence-corrected chi connectivity index (χ1v) is 11.9. The number of para-hydroxylation sites is 1. The molecule has 1 atom stereocenters. The van der Waals surface area contributed by atoms with Gasteiger partial charge in [-0.2, -0.15) is 0 Å². The third-order valence-corrected chi connectivity index (χ3v) is 7.97. The average molecular weight is 440 g/mol. The highest BCUT2D eigenvalue weighted by Crippen LogP contribution is 2.34. The topological polar surface area (TPSA) is 65.5 Å². The van der Waals surface area contributed by atoms with Gasteiger partial charge in [-0.1, -0.05) is 24.3 Å². The van der Waals surface area contributed by atoms with E-state index >= 15 is 0 Å². The Hall–Kier alpha value is -2.86. The molecule has 0 aliphatic rings. The van der Waals surface area contributed by atoms with Crippen LogP contribution in [0.15, 0.2) is 84.0 Å². The van der Waals surface area contributed by atoms with Crippen molar-refractivity contribution in [2.24, 2.45) is 0 Å². The molecule has 1 unspecified atom stereocenters.